The Labute approximate surface area is 218 Å². The van der Waals surface area contributed by atoms with E-state index in [1.807, 2.05) is 74.6 Å². The third kappa shape index (κ3) is 7.19. The SMILES string of the molecule is CCN(CCNC)Cc1ccc(C(=O)Nc2ccc(C)c(Nc3nccc(-c4cccnc4)n3)c2)cc1. The van der Waals surface area contributed by atoms with E-state index in [-0.39, 0.29) is 5.91 Å². The lowest BCUT2D eigenvalue weighted by Crippen LogP contribution is -2.30. The average Bonchev–Trinajstić information content (AvgIpc) is 2.94. The molecule has 0 atom stereocenters. The van der Waals surface area contributed by atoms with Crippen molar-refractivity contribution in [2.45, 2.75) is 20.4 Å². The van der Waals surface area contributed by atoms with Gasteiger partial charge < -0.3 is 16.0 Å². The lowest BCUT2D eigenvalue weighted by Gasteiger charge is -2.20. The number of nitrogens with one attached hydrogen (secondary N) is 3. The minimum Gasteiger partial charge on any atom is -0.324 e. The number of aryl methyl sites for hydroxylation is 1. The van der Waals surface area contributed by atoms with Crippen molar-refractivity contribution in [1.29, 1.82) is 0 Å². The molecule has 0 aliphatic carbocycles. The summed E-state index contributed by atoms with van der Waals surface area (Å²) in [6.07, 6.45) is 5.21. The highest BCUT2D eigenvalue weighted by Gasteiger charge is 2.10. The van der Waals surface area contributed by atoms with Gasteiger partial charge >= 0.3 is 0 Å². The van der Waals surface area contributed by atoms with E-state index in [2.05, 4.69) is 42.7 Å². The quantitative estimate of drug-likeness (QED) is 0.273. The third-order valence-electron chi connectivity index (χ3n) is 6.10. The van der Waals surface area contributed by atoms with Gasteiger partial charge in [0.2, 0.25) is 5.95 Å². The Morgan fingerprint density at radius 3 is 2.59 bits per heavy atom. The van der Waals surface area contributed by atoms with Crippen molar-refractivity contribution in [1.82, 2.24) is 25.2 Å². The summed E-state index contributed by atoms with van der Waals surface area (Å²) in [5, 5.41) is 9.47. The molecule has 8 nitrogen and oxygen atoms in total. The first kappa shape index (κ1) is 25.9. The largest absolute Gasteiger partial charge is 0.324 e. The second kappa shape index (κ2) is 12.7. The highest BCUT2D eigenvalue weighted by atomic mass is 16.1. The van der Waals surface area contributed by atoms with Crippen molar-refractivity contribution in [3.63, 3.8) is 0 Å². The van der Waals surface area contributed by atoms with Gasteiger partial charge in [-0.3, -0.25) is 14.7 Å². The van der Waals surface area contributed by atoms with Crippen LogP contribution in [0.2, 0.25) is 0 Å². The number of nitrogens with zero attached hydrogens (tertiary/aromatic N) is 4. The number of anilines is 3. The Morgan fingerprint density at radius 2 is 1.86 bits per heavy atom. The molecule has 0 spiro atoms. The third-order valence-corrected chi connectivity index (χ3v) is 6.10. The number of likely N-dealkylation sites (N-methyl/N-ethyl adjacent to an activating group) is 2. The minimum absolute atomic E-state index is 0.154. The van der Waals surface area contributed by atoms with E-state index in [9.17, 15) is 4.79 Å². The van der Waals surface area contributed by atoms with Crippen molar-refractivity contribution < 1.29 is 4.79 Å². The molecule has 0 aliphatic heterocycles. The average molecular weight is 496 g/mol. The van der Waals surface area contributed by atoms with Crippen LogP contribution in [-0.2, 0) is 6.54 Å². The van der Waals surface area contributed by atoms with Gasteiger partial charge in [0.15, 0.2) is 0 Å². The number of aromatic nitrogens is 3. The predicted molar refractivity (Wildman–Crippen MR) is 149 cm³/mol. The molecule has 0 saturated heterocycles. The number of hydrogen-bond donors (Lipinski definition) is 3. The molecule has 2 aromatic heterocycles. The summed E-state index contributed by atoms with van der Waals surface area (Å²) >= 11 is 0. The van der Waals surface area contributed by atoms with Crippen molar-refractivity contribution in [2.75, 3.05) is 37.3 Å². The van der Waals surface area contributed by atoms with Crippen LogP contribution in [0.1, 0.15) is 28.4 Å². The van der Waals surface area contributed by atoms with Crippen molar-refractivity contribution >= 4 is 23.2 Å². The summed E-state index contributed by atoms with van der Waals surface area (Å²) in [6, 6.07) is 19.2. The van der Waals surface area contributed by atoms with E-state index in [1.54, 1.807) is 18.6 Å². The fourth-order valence-corrected chi connectivity index (χ4v) is 3.89. The summed E-state index contributed by atoms with van der Waals surface area (Å²) in [5.74, 6) is 0.318. The molecular formula is C29H33N7O. The summed E-state index contributed by atoms with van der Waals surface area (Å²) in [5.41, 5.74) is 6.01. The molecule has 0 aliphatic rings. The highest BCUT2D eigenvalue weighted by molar-refractivity contribution is 6.04. The topological polar surface area (TPSA) is 95.1 Å². The van der Waals surface area contributed by atoms with Crippen LogP contribution in [0.15, 0.2) is 79.3 Å². The van der Waals surface area contributed by atoms with Crippen molar-refractivity contribution in [3.8, 4) is 11.3 Å². The first-order chi connectivity index (χ1) is 18.1. The van der Waals surface area contributed by atoms with Gasteiger partial charge in [-0.2, -0.15) is 0 Å². The number of carbonyl (C=O) groups excluding carboxylic acids is 1. The Bertz CT molecular complexity index is 1310. The highest BCUT2D eigenvalue weighted by Crippen LogP contribution is 2.24. The number of benzene rings is 2. The summed E-state index contributed by atoms with van der Waals surface area (Å²) in [6.45, 7) is 7.92. The fraction of sp³-hybridized carbons (Fsp3) is 0.241. The van der Waals surface area contributed by atoms with Crippen LogP contribution in [0.25, 0.3) is 11.3 Å². The molecule has 0 bridgehead atoms. The summed E-state index contributed by atoms with van der Waals surface area (Å²) < 4.78 is 0. The molecule has 0 radical (unpaired) electrons. The first-order valence-electron chi connectivity index (χ1n) is 12.4. The van der Waals surface area contributed by atoms with Gasteiger partial charge in [-0.25, -0.2) is 9.97 Å². The second-order valence-corrected chi connectivity index (χ2v) is 8.79. The monoisotopic (exact) mass is 495 g/mol. The van der Waals surface area contributed by atoms with E-state index in [0.29, 0.717) is 17.2 Å². The zero-order valence-corrected chi connectivity index (χ0v) is 21.5. The second-order valence-electron chi connectivity index (χ2n) is 8.79. The van der Waals surface area contributed by atoms with Gasteiger partial charge in [0.25, 0.3) is 5.91 Å². The Morgan fingerprint density at radius 1 is 1.03 bits per heavy atom. The molecule has 0 fully saturated rings. The normalized spacial score (nSPS) is 10.9. The molecule has 2 aromatic carbocycles. The Hall–Kier alpha value is -4.14. The maximum Gasteiger partial charge on any atom is 0.255 e. The van der Waals surface area contributed by atoms with Crippen LogP contribution in [0.5, 0.6) is 0 Å². The van der Waals surface area contributed by atoms with Crippen LogP contribution in [0, 0.1) is 6.92 Å². The Kier molecular flexibility index (Phi) is 8.91. The van der Waals surface area contributed by atoms with Gasteiger partial charge in [-0.15, -0.1) is 0 Å². The van der Waals surface area contributed by atoms with Crippen LogP contribution in [-0.4, -0.2) is 52.4 Å². The molecule has 3 N–H and O–H groups in total. The molecule has 8 heteroatoms. The van der Waals surface area contributed by atoms with Gasteiger partial charge in [0, 0.05) is 60.7 Å². The maximum atomic E-state index is 12.9. The predicted octanol–water partition coefficient (Wildman–Crippen LogP) is 4.88. The number of carbonyl (C=O) groups is 1. The van der Waals surface area contributed by atoms with Crippen LogP contribution in [0.3, 0.4) is 0 Å². The Balaban J connectivity index is 1.42. The zero-order valence-electron chi connectivity index (χ0n) is 21.5. The van der Waals surface area contributed by atoms with Gasteiger partial charge in [-0.1, -0.05) is 25.1 Å². The number of amides is 1. The van der Waals surface area contributed by atoms with Crippen molar-refractivity contribution in [2.24, 2.45) is 0 Å². The van der Waals surface area contributed by atoms with E-state index < -0.39 is 0 Å². The smallest absolute Gasteiger partial charge is 0.255 e. The molecule has 1 amide bonds. The fourth-order valence-electron chi connectivity index (χ4n) is 3.89. The molecule has 2 heterocycles. The number of pyridine rings is 1. The van der Waals surface area contributed by atoms with Crippen molar-refractivity contribution in [3.05, 3.63) is 95.9 Å². The van der Waals surface area contributed by atoms with Gasteiger partial charge in [0.1, 0.15) is 0 Å². The zero-order chi connectivity index (χ0) is 26.0. The molecule has 0 saturated carbocycles. The van der Waals surface area contributed by atoms with Gasteiger partial charge in [0.05, 0.1) is 5.69 Å². The lowest BCUT2D eigenvalue weighted by atomic mass is 10.1. The molecule has 0 unspecified atom stereocenters. The molecular weight excluding hydrogens is 462 g/mol. The molecule has 4 aromatic rings. The van der Waals surface area contributed by atoms with E-state index in [1.165, 1.54) is 5.56 Å². The van der Waals surface area contributed by atoms with Gasteiger partial charge in [-0.05, 0) is 74.1 Å². The summed E-state index contributed by atoms with van der Waals surface area (Å²) in [7, 11) is 1.96. The number of rotatable bonds is 11. The minimum atomic E-state index is -0.154. The molecule has 37 heavy (non-hydrogen) atoms. The van der Waals surface area contributed by atoms with Crippen LogP contribution < -0.4 is 16.0 Å². The molecule has 4 rings (SSSR count). The van der Waals surface area contributed by atoms with E-state index in [4.69, 9.17) is 0 Å². The maximum absolute atomic E-state index is 12.9. The van der Waals surface area contributed by atoms with Crippen LogP contribution >= 0.6 is 0 Å². The number of hydrogen-bond acceptors (Lipinski definition) is 7. The lowest BCUT2D eigenvalue weighted by molar-refractivity contribution is 0.102. The van der Waals surface area contributed by atoms with E-state index in [0.717, 1.165) is 48.7 Å². The first-order valence-corrected chi connectivity index (χ1v) is 12.4. The standard InChI is InChI=1S/C29H33N7O/c1-4-36(17-16-30-3)20-22-8-10-23(11-9-22)28(37)33-25-12-7-21(2)27(18-25)35-29-32-15-13-26(34-29)24-6-5-14-31-19-24/h5-15,18-19,30H,4,16-17,20H2,1-3H3,(H,33,37)(H,32,34,35). The van der Waals surface area contributed by atoms with Crippen LogP contribution in [0.4, 0.5) is 17.3 Å². The molecule has 190 valence electrons. The summed E-state index contributed by atoms with van der Waals surface area (Å²) in [4.78, 5) is 28.4. The van der Waals surface area contributed by atoms with E-state index >= 15 is 0 Å².